The summed E-state index contributed by atoms with van der Waals surface area (Å²) < 4.78 is 26.7. The summed E-state index contributed by atoms with van der Waals surface area (Å²) >= 11 is 0. The Kier molecular flexibility index (Phi) is 9.59. The molecule has 4 rings (SSSR count). The number of carbonyl (C=O) groups excluding carboxylic acids is 2. The van der Waals surface area contributed by atoms with Gasteiger partial charge >= 0.3 is 5.97 Å². The summed E-state index contributed by atoms with van der Waals surface area (Å²) in [5.41, 5.74) is 1.26. The van der Waals surface area contributed by atoms with Crippen molar-refractivity contribution in [3.05, 3.63) is 47.1 Å². The summed E-state index contributed by atoms with van der Waals surface area (Å²) in [5.74, 6) is -0.835. The van der Waals surface area contributed by atoms with Crippen LogP contribution in [0.2, 0.25) is 0 Å². The fraction of sp³-hybridized carbons (Fsp3) is 0.556. The Morgan fingerprint density at radius 3 is 2.25 bits per heavy atom. The van der Waals surface area contributed by atoms with Gasteiger partial charge in [0.15, 0.2) is 0 Å². The highest BCUT2D eigenvalue weighted by Crippen LogP contribution is 2.31. The number of aliphatic hydroxyl groups is 5. The summed E-state index contributed by atoms with van der Waals surface area (Å²) in [6.07, 6.45) is -7.93. The van der Waals surface area contributed by atoms with Gasteiger partial charge in [-0.25, -0.2) is 4.79 Å². The van der Waals surface area contributed by atoms with Crippen LogP contribution in [0.25, 0.3) is 6.08 Å². The largest absolute Gasteiger partial charge is 0.463 e. The lowest BCUT2D eigenvalue weighted by atomic mass is 9.83. The van der Waals surface area contributed by atoms with Gasteiger partial charge in [-0.2, -0.15) is 0 Å². The summed E-state index contributed by atoms with van der Waals surface area (Å²) in [7, 11) is 0. The molecule has 2 heterocycles. The van der Waals surface area contributed by atoms with E-state index in [1.54, 1.807) is 51.1 Å². The maximum Gasteiger partial charge on any atom is 0.330 e. The van der Waals surface area contributed by atoms with Gasteiger partial charge in [0, 0.05) is 11.6 Å². The monoisotopic (exact) mass is 565 g/mol. The molecule has 1 aromatic rings. The Labute approximate surface area is 230 Å². The Hall–Kier alpha value is -2.88. The number of aliphatic hydroxyl groups excluding tert-OH is 5. The van der Waals surface area contributed by atoms with Crippen LogP contribution in [0.4, 0.5) is 0 Å². The number of hydrogen-bond donors (Lipinski definition) is 6. The van der Waals surface area contributed by atoms with E-state index in [4.69, 9.17) is 23.7 Å². The van der Waals surface area contributed by atoms with Gasteiger partial charge in [0.25, 0.3) is 0 Å². The number of esters is 1. The molecule has 13 nitrogen and oxygen atoms in total. The van der Waals surface area contributed by atoms with E-state index in [-0.39, 0.29) is 19.0 Å². The smallest absolute Gasteiger partial charge is 0.330 e. The second kappa shape index (κ2) is 12.7. The number of ether oxygens (including phenoxy) is 5. The van der Waals surface area contributed by atoms with Crippen molar-refractivity contribution in [3.8, 4) is 5.75 Å². The van der Waals surface area contributed by atoms with Crippen molar-refractivity contribution >= 4 is 18.0 Å². The molecular weight excluding hydrogens is 530 g/mol. The summed E-state index contributed by atoms with van der Waals surface area (Å²) in [6.45, 7) is 4.86. The zero-order chi connectivity index (χ0) is 29.1. The highest BCUT2D eigenvalue weighted by atomic mass is 16.7. The van der Waals surface area contributed by atoms with Crippen molar-refractivity contribution in [1.82, 2.24) is 5.32 Å². The maximum absolute atomic E-state index is 12.8. The van der Waals surface area contributed by atoms with Crippen molar-refractivity contribution in [3.63, 3.8) is 0 Å². The molecule has 10 atom stereocenters. The zero-order valence-corrected chi connectivity index (χ0v) is 22.2. The van der Waals surface area contributed by atoms with E-state index in [9.17, 15) is 35.1 Å². The lowest BCUT2D eigenvalue weighted by molar-refractivity contribution is -0.155. The summed E-state index contributed by atoms with van der Waals surface area (Å²) in [4.78, 5) is 24.5. The summed E-state index contributed by atoms with van der Waals surface area (Å²) in [5, 5.41) is 54.5. The molecule has 1 amide bonds. The van der Waals surface area contributed by atoms with Crippen molar-refractivity contribution < 1.29 is 58.8 Å². The molecular formula is C27H35NO12. The van der Waals surface area contributed by atoms with Gasteiger partial charge < -0.3 is 54.5 Å². The highest BCUT2D eigenvalue weighted by Gasteiger charge is 2.53. The van der Waals surface area contributed by atoms with Gasteiger partial charge in [-0.3, -0.25) is 4.79 Å². The Morgan fingerprint density at radius 1 is 0.950 bits per heavy atom. The average molecular weight is 566 g/mol. The standard InChI is InChI=1S/C27H35NO12/c1-4-36-16(29)10-12(2)23-21(33)22(34)27(40-23)39-15-7-5-14(6-8-15)9-13(3)26(35)28-17-18(30)20(32)25-24(19(17)31)37-11-38-25/h5-10,17-25,27,30-34H,4,11H2,1-3H3,(H,28,35)/b12-10+,13-9+/t17?,18-,19+,20+,21-,22-,23?,24-,25+,27+/m0/s1. The van der Waals surface area contributed by atoms with Crippen LogP contribution in [0.1, 0.15) is 26.3 Å². The molecule has 6 N–H and O–H groups in total. The van der Waals surface area contributed by atoms with Crippen LogP contribution < -0.4 is 10.1 Å². The zero-order valence-electron chi connectivity index (χ0n) is 22.2. The van der Waals surface area contributed by atoms with Crippen LogP contribution in [0.3, 0.4) is 0 Å². The number of rotatable bonds is 8. The minimum absolute atomic E-state index is 0.130. The van der Waals surface area contributed by atoms with Gasteiger partial charge in [0.2, 0.25) is 12.2 Å². The van der Waals surface area contributed by atoms with Crippen molar-refractivity contribution in [1.29, 1.82) is 0 Å². The average Bonchev–Trinajstić information content (AvgIpc) is 3.52. The van der Waals surface area contributed by atoms with Gasteiger partial charge in [0.1, 0.15) is 61.4 Å². The fourth-order valence-electron chi connectivity index (χ4n) is 4.89. The molecule has 1 saturated carbocycles. The number of fused-ring (bicyclic) bond motifs is 1. The van der Waals surface area contributed by atoms with E-state index >= 15 is 0 Å². The molecule has 220 valence electrons. The Bertz CT molecular complexity index is 1120. The number of amides is 1. The Morgan fingerprint density at radius 2 is 1.60 bits per heavy atom. The molecule has 1 aromatic carbocycles. The predicted molar refractivity (Wildman–Crippen MR) is 136 cm³/mol. The second-order valence-corrected chi connectivity index (χ2v) is 9.91. The van der Waals surface area contributed by atoms with Crippen LogP contribution in [0.5, 0.6) is 5.75 Å². The molecule has 2 saturated heterocycles. The number of hydrogen-bond acceptors (Lipinski definition) is 12. The van der Waals surface area contributed by atoms with E-state index in [1.807, 2.05) is 0 Å². The molecule has 0 aromatic heterocycles. The van der Waals surface area contributed by atoms with Gasteiger partial charge in [-0.05, 0) is 50.1 Å². The first-order valence-electron chi connectivity index (χ1n) is 12.9. The third kappa shape index (κ3) is 6.37. The van der Waals surface area contributed by atoms with Gasteiger partial charge in [0.05, 0.1) is 12.6 Å². The van der Waals surface area contributed by atoms with Crippen molar-refractivity contribution in [2.75, 3.05) is 13.4 Å². The number of carbonyl (C=O) groups is 2. The molecule has 13 heteroatoms. The Balaban J connectivity index is 1.35. The van der Waals surface area contributed by atoms with E-state index in [0.717, 1.165) is 0 Å². The molecule has 0 spiro atoms. The first kappa shape index (κ1) is 30.1. The molecule has 0 radical (unpaired) electrons. The van der Waals surface area contributed by atoms with Crippen LogP contribution in [-0.4, -0.2) is 112 Å². The van der Waals surface area contributed by atoms with E-state index in [2.05, 4.69) is 5.32 Å². The van der Waals surface area contributed by atoms with Gasteiger partial charge in [-0.15, -0.1) is 0 Å². The lowest BCUT2D eigenvalue weighted by Gasteiger charge is -2.41. The van der Waals surface area contributed by atoms with Crippen LogP contribution >= 0.6 is 0 Å². The highest BCUT2D eigenvalue weighted by molar-refractivity contribution is 5.97. The molecule has 0 bridgehead atoms. The SMILES string of the molecule is CCOC(=O)/C=C(\C)C1O[C@@H](Oc2ccc(/C=C(\C)C(=O)NC3[C@@H](O)[C@@H]4OCO[C@@H]4[C@H](O)[C@H]3O)cc2)[C@@H](O)[C@@H]1O. The predicted octanol–water partition coefficient (Wildman–Crippen LogP) is -1.25. The fourth-order valence-corrected chi connectivity index (χ4v) is 4.89. The third-order valence-corrected chi connectivity index (χ3v) is 7.08. The first-order chi connectivity index (χ1) is 19.0. The van der Waals surface area contributed by atoms with Gasteiger partial charge in [-0.1, -0.05) is 12.1 Å². The van der Waals surface area contributed by atoms with Crippen LogP contribution in [-0.2, 0) is 28.5 Å². The van der Waals surface area contributed by atoms with E-state index in [0.29, 0.717) is 16.9 Å². The molecule has 1 aliphatic carbocycles. The quantitative estimate of drug-likeness (QED) is 0.162. The molecule has 2 aliphatic heterocycles. The minimum Gasteiger partial charge on any atom is -0.463 e. The first-order valence-corrected chi connectivity index (χ1v) is 12.9. The van der Waals surface area contributed by atoms with Crippen LogP contribution in [0.15, 0.2) is 41.5 Å². The normalized spacial score (nSPS) is 36.2. The number of benzene rings is 1. The molecule has 3 aliphatic rings. The number of nitrogens with one attached hydrogen (secondary N) is 1. The minimum atomic E-state index is -1.46. The second-order valence-electron chi connectivity index (χ2n) is 9.91. The van der Waals surface area contributed by atoms with E-state index in [1.165, 1.54) is 6.08 Å². The van der Waals surface area contributed by atoms with E-state index < -0.39 is 73.0 Å². The molecule has 3 fully saturated rings. The third-order valence-electron chi connectivity index (χ3n) is 7.08. The molecule has 40 heavy (non-hydrogen) atoms. The van der Waals surface area contributed by atoms with Crippen LogP contribution in [0, 0.1) is 0 Å². The lowest BCUT2D eigenvalue weighted by Crippen LogP contribution is -2.67. The maximum atomic E-state index is 12.8. The van der Waals surface area contributed by atoms with Crippen molar-refractivity contribution in [2.45, 2.75) is 81.9 Å². The van der Waals surface area contributed by atoms with Crippen molar-refractivity contribution in [2.24, 2.45) is 0 Å². The molecule has 2 unspecified atom stereocenters. The topological polar surface area (TPSA) is 193 Å². The summed E-state index contributed by atoms with van der Waals surface area (Å²) in [6, 6.07) is 5.29.